The molecule has 0 aromatic heterocycles. The molecular weight excluding hydrogens is 436 g/mol. The molecule has 2 aliphatic rings. The van der Waals surface area contributed by atoms with Gasteiger partial charge >= 0.3 is 0 Å². The number of likely N-dealkylation sites (tertiary alicyclic amines) is 2. The predicted molar refractivity (Wildman–Crippen MR) is 139 cm³/mol. The van der Waals surface area contributed by atoms with E-state index in [9.17, 15) is 9.59 Å². The van der Waals surface area contributed by atoms with Gasteiger partial charge in [-0.1, -0.05) is 60.7 Å². The molecule has 2 heterocycles. The van der Waals surface area contributed by atoms with E-state index in [1.165, 1.54) is 0 Å². The Morgan fingerprint density at radius 3 is 2.26 bits per heavy atom. The smallest absolute Gasteiger partial charge is 0.256 e. The summed E-state index contributed by atoms with van der Waals surface area (Å²) in [5, 5.41) is 6.71. The lowest BCUT2D eigenvalue weighted by Crippen LogP contribution is -2.63. The molecule has 2 N–H and O–H groups in total. The molecule has 6 nitrogen and oxygen atoms in total. The number of para-hydroxylation sites is 2. The lowest BCUT2D eigenvalue weighted by Gasteiger charge is -2.44. The predicted octanol–water partition coefficient (Wildman–Crippen LogP) is 4.45. The fourth-order valence-electron chi connectivity index (χ4n) is 5.95. The van der Waals surface area contributed by atoms with Crippen LogP contribution in [-0.2, 0) is 4.79 Å². The molecule has 0 spiro atoms. The van der Waals surface area contributed by atoms with Crippen molar-refractivity contribution in [2.45, 2.75) is 24.9 Å². The van der Waals surface area contributed by atoms with Gasteiger partial charge in [0, 0.05) is 31.6 Å². The number of anilines is 2. The highest BCUT2D eigenvalue weighted by Gasteiger charge is 2.56. The van der Waals surface area contributed by atoms with Gasteiger partial charge < -0.3 is 20.4 Å². The largest absolute Gasteiger partial charge is 0.355 e. The average molecular weight is 469 g/mol. The molecule has 6 heteroatoms. The van der Waals surface area contributed by atoms with Gasteiger partial charge in [0.25, 0.3) is 5.91 Å². The maximum Gasteiger partial charge on any atom is 0.256 e. The lowest BCUT2D eigenvalue weighted by molar-refractivity contribution is -0.122. The second-order valence-electron chi connectivity index (χ2n) is 9.80. The third kappa shape index (κ3) is 4.54. The van der Waals surface area contributed by atoms with Gasteiger partial charge in [0.2, 0.25) is 5.91 Å². The summed E-state index contributed by atoms with van der Waals surface area (Å²) in [4.78, 5) is 30.9. The summed E-state index contributed by atoms with van der Waals surface area (Å²) in [6.45, 7) is 3.69. The number of piperidine rings is 1. The van der Waals surface area contributed by atoms with Crippen LogP contribution in [0.1, 0.15) is 35.3 Å². The van der Waals surface area contributed by atoms with Crippen LogP contribution < -0.4 is 10.6 Å². The summed E-state index contributed by atoms with van der Waals surface area (Å²) in [6, 6.07) is 27.7. The second-order valence-corrected chi connectivity index (χ2v) is 9.80. The van der Waals surface area contributed by atoms with E-state index in [-0.39, 0.29) is 23.8 Å². The van der Waals surface area contributed by atoms with E-state index in [1.54, 1.807) is 6.92 Å². The van der Waals surface area contributed by atoms with E-state index in [4.69, 9.17) is 0 Å². The molecule has 0 unspecified atom stereocenters. The number of amides is 2. The van der Waals surface area contributed by atoms with Crippen molar-refractivity contribution < 1.29 is 9.59 Å². The number of benzene rings is 3. The average Bonchev–Trinajstić information content (AvgIpc) is 3.18. The molecule has 0 aliphatic carbocycles. The summed E-state index contributed by atoms with van der Waals surface area (Å²) in [6.07, 6.45) is 0.907. The third-order valence-electron chi connectivity index (χ3n) is 7.29. The van der Waals surface area contributed by atoms with Crippen molar-refractivity contribution in [2.24, 2.45) is 5.92 Å². The van der Waals surface area contributed by atoms with E-state index >= 15 is 0 Å². The highest BCUT2D eigenvalue weighted by atomic mass is 16.2. The van der Waals surface area contributed by atoms with Crippen LogP contribution in [-0.4, -0.2) is 53.8 Å². The van der Waals surface area contributed by atoms with Gasteiger partial charge in [-0.25, -0.2) is 0 Å². The number of hydrogen-bond acceptors (Lipinski definition) is 4. The summed E-state index contributed by atoms with van der Waals surface area (Å²) in [5.74, 6) is 0.0421. The number of rotatable bonds is 5. The van der Waals surface area contributed by atoms with Gasteiger partial charge in [-0.05, 0) is 49.8 Å². The van der Waals surface area contributed by atoms with Crippen LogP contribution in [0.3, 0.4) is 0 Å². The molecule has 3 aromatic rings. The maximum atomic E-state index is 14.3. The number of fused-ring (bicyclic) bond motifs is 1. The highest BCUT2D eigenvalue weighted by Crippen LogP contribution is 2.48. The Hall–Kier alpha value is -3.64. The molecule has 0 radical (unpaired) electrons. The maximum absolute atomic E-state index is 14.3. The van der Waals surface area contributed by atoms with E-state index in [0.29, 0.717) is 18.7 Å². The molecular formula is C29H32N4O2. The molecule has 2 aliphatic heterocycles. The molecule has 35 heavy (non-hydrogen) atoms. The first-order valence-electron chi connectivity index (χ1n) is 12.2. The fraction of sp³-hybridized carbons (Fsp3) is 0.310. The quantitative estimate of drug-likeness (QED) is 0.581. The Labute approximate surface area is 206 Å². The van der Waals surface area contributed by atoms with Crippen LogP contribution in [0.4, 0.5) is 11.4 Å². The minimum Gasteiger partial charge on any atom is -0.355 e. The minimum atomic E-state index is -0.489. The first kappa shape index (κ1) is 23.1. The van der Waals surface area contributed by atoms with E-state index < -0.39 is 5.54 Å². The second kappa shape index (κ2) is 9.55. The highest BCUT2D eigenvalue weighted by molar-refractivity contribution is 6.01. The topological polar surface area (TPSA) is 64.7 Å². The summed E-state index contributed by atoms with van der Waals surface area (Å²) in [7, 11) is 2.08. The normalized spacial score (nSPS) is 24.0. The van der Waals surface area contributed by atoms with Crippen LogP contribution in [0, 0.1) is 5.92 Å². The van der Waals surface area contributed by atoms with E-state index in [0.717, 1.165) is 29.9 Å². The number of carbonyl (C=O) groups excluding carboxylic acids is 2. The van der Waals surface area contributed by atoms with Gasteiger partial charge in [0.15, 0.2) is 0 Å². The van der Waals surface area contributed by atoms with Gasteiger partial charge in [-0.15, -0.1) is 0 Å². The number of carbonyl (C=O) groups is 2. The number of likely N-dealkylation sites (N-methyl/N-ethyl adjacent to an activating group) is 1. The molecule has 2 saturated heterocycles. The van der Waals surface area contributed by atoms with Crippen LogP contribution in [0.2, 0.25) is 0 Å². The Morgan fingerprint density at radius 2 is 1.54 bits per heavy atom. The van der Waals surface area contributed by atoms with Gasteiger partial charge in [0.1, 0.15) is 0 Å². The third-order valence-corrected chi connectivity index (χ3v) is 7.29. The summed E-state index contributed by atoms with van der Waals surface area (Å²) in [5.41, 5.74) is 2.95. The van der Waals surface area contributed by atoms with Gasteiger partial charge in [-0.3, -0.25) is 9.59 Å². The fourth-order valence-corrected chi connectivity index (χ4v) is 5.95. The first-order chi connectivity index (χ1) is 17.0. The van der Waals surface area contributed by atoms with Crippen molar-refractivity contribution in [1.29, 1.82) is 0 Å². The van der Waals surface area contributed by atoms with Gasteiger partial charge in [-0.2, -0.15) is 0 Å². The monoisotopic (exact) mass is 468 g/mol. The van der Waals surface area contributed by atoms with Crippen LogP contribution >= 0.6 is 0 Å². The molecule has 0 bridgehead atoms. The molecule has 3 atom stereocenters. The van der Waals surface area contributed by atoms with Crippen LogP contribution in [0.5, 0.6) is 0 Å². The Morgan fingerprint density at radius 1 is 0.886 bits per heavy atom. The standard InChI is InChI=1S/C29H32N4O2/c1-21(34)31-29-19-32(2)18-17-25(29)27(22-11-5-3-6-12-22)33(20-29)28(35)24-15-9-10-16-26(24)30-23-13-7-4-8-14-23/h3-16,25,27,30H,17-20H2,1-2H3,(H,31,34)/t25-,27-,29-/m1/s1. The molecule has 2 fully saturated rings. The summed E-state index contributed by atoms with van der Waals surface area (Å²) >= 11 is 0. The molecule has 5 rings (SSSR count). The van der Waals surface area contributed by atoms with Crippen LogP contribution in [0.15, 0.2) is 84.9 Å². The number of nitrogens with one attached hydrogen (secondary N) is 2. The number of nitrogens with zero attached hydrogens (tertiary/aromatic N) is 2. The minimum absolute atomic E-state index is 0.0281. The zero-order valence-corrected chi connectivity index (χ0v) is 20.3. The van der Waals surface area contributed by atoms with Crippen molar-refractivity contribution >= 4 is 23.2 Å². The number of hydrogen-bond donors (Lipinski definition) is 2. The van der Waals surface area contributed by atoms with Crippen molar-refractivity contribution in [3.63, 3.8) is 0 Å². The summed E-state index contributed by atoms with van der Waals surface area (Å²) < 4.78 is 0. The zero-order chi connectivity index (χ0) is 24.4. The lowest BCUT2D eigenvalue weighted by atomic mass is 9.76. The molecule has 180 valence electrons. The van der Waals surface area contributed by atoms with Crippen molar-refractivity contribution in [1.82, 2.24) is 15.1 Å². The molecule has 0 saturated carbocycles. The Kier molecular flexibility index (Phi) is 6.31. The van der Waals surface area contributed by atoms with Crippen molar-refractivity contribution in [3.8, 4) is 0 Å². The Bertz CT molecular complexity index is 1200. The SMILES string of the molecule is CC(=O)N[C@@]12CN(C)CC[C@@H]1[C@@H](c1ccccc1)N(C(=O)c1ccccc1Nc1ccccc1)C2. The van der Waals surface area contributed by atoms with E-state index in [1.807, 2.05) is 77.7 Å². The van der Waals surface area contributed by atoms with Crippen molar-refractivity contribution in [2.75, 3.05) is 32.0 Å². The zero-order valence-electron chi connectivity index (χ0n) is 20.3. The van der Waals surface area contributed by atoms with Crippen LogP contribution in [0.25, 0.3) is 0 Å². The Balaban J connectivity index is 1.56. The molecule has 2 amide bonds. The first-order valence-corrected chi connectivity index (χ1v) is 12.2. The van der Waals surface area contributed by atoms with E-state index in [2.05, 4.69) is 34.7 Å². The van der Waals surface area contributed by atoms with Gasteiger partial charge in [0.05, 0.1) is 22.8 Å². The van der Waals surface area contributed by atoms with Crippen molar-refractivity contribution in [3.05, 3.63) is 96.1 Å². The molecule has 3 aromatic carbocycles.